The van der Waals surface area contributed by atoms with Crippen molar-refractivity contribution in [1.82, 2.24) is 4.37 Å². The summed E-state index contributed by atoms with van der Waals surface area (Å²) in [6.07, 6.45) is 6.21. The van der Waals surface area contributed by atoms with Gasteiger partial charge in [0.25, 0.3) is 0 Å². The highest BCUT2D eigenvalue weighted by atomic mass is 32.1. The van der Waals surface area contributed by atoms with Crippen LogP contribution in [-0.2, 0) is 0 Å². The van der Waals surface area contributed by atoms with Gasteiger partial charge in [0, 0.05) is 17.0 Å². The second-order valence-electron chi connectivity index (χ2n) is 3.37. The fourth-order valence-electron chi connectivity index (χ4n) is 1.86. The molecule has 3 heteroatoms. The van der Waals surface area contributed by atoms with Gasteiger partial charge in [-0.15, -0.1) is 0 Å². The van der Waals surface area contributed by atoms with Crippen molar-refractivity contribution in [3.05, 3.63) is 17.1 Å². The minimum Gasteiger partial charge on any atom is -0.392 e. The smallest absolute Gasteiger partial charge is 0.0617 e. The van der Waals surface area contributed by atoms with Gasteiger partial charge in [-0.05, 0) is 30.4 Å². The number of rotatable bonds is 1. The van der Waals surface area contributed by atoms with Gasteiger partial charge in [-0.1, -0.05) is 12.8 Å². The Morgan fingerprint density at radius 3 is 2.92 bits per heavy atom. The molecule has 0 aromatic carbocycles. The highest BCUT2D eigenvalue weighted by Gasteiger charge is 2.25. The van der Waals surface area contributed by atoms with Crippen LogP contribution in [0.15, 0.2) is 12.3 Å². The predicted octanol–water partition coefficient (Wildman–Crippen LogP) is 2.16. The zero-order valence-corrected chi connectivity index (χ0v) is 7.76. The molecule has 66 valence electrons. The van der Waals surface area contributed by atoms with Crippen LogP contribution in [0.2, 0.25) is 0 Å². The molecule has 2 nitrogen and oxygen atoms in total. The van der Waals surface area contributed by atoms with Crippen molar-refractivity contribution in [3.63, 3.8) is 0 Å². The topological polar surface area (TPSA) is 33.1 Å². The van der Waals surface area contributed by atoms with E-state index in [9.17, 15) is 5.11 Å². The Kier molecular flexibility index (Phi) is 2.42. The first-order valence-corrected chi connectivity index (χ1v) is 5.24. The van der Waals surface area contributed by atoms with Gasteiger partial charge < -0.3 is 5.11 Å². The molecule has 0 saturated heterocycles. The summed E-state index contributed by atoms with van der Waals surface area (Å²) in [4.78, 5) is 1.25. The number of hydrogen-bond donors (Lipinski definition) is 1. The maximum atomic E-state index is 9.72. The second-order valence-corrected chi connectivity index (χ2v) is 4.24. The van der Waals surface area contributed by atoms with Gasteiger partial charge >= 0.3 is 0 Å². The number of aliphatic hydroxyl groups excluding tert-OH is 1. The van der Waals surface area contributed by atoms with Gasteiger partial charge in [-0.3, -0.25) is 0 Å². The summed E-state index contributed by atoms with van der Waals surface area (Å²) in [7, 11) is 0. The van der Waals surface area contributed by atoms with Crippen molar-refractivity contribution < 1.29 is 5.11 Å². The predicted molar refractivity (Wildman–Crippen MR) is 49.3 cm³/mol. The highest BCUT2D eigenvalue weighted by molar-refractivity contribution is 7.05. The standard InChI is InChI=1S/C9H13NOS/c11-8-4-2-1-3-7(8)9-5-6-10-12-9/h5-8,11H,1-4H2. The van der Waals surface area contributed by atoms with Crippen LogP contribution >= 0.6 is 11.5 Å². The number of aliphatic hydroxyl groups is 1. The molecule has 0 radical (unpaired) electrons. The van der Waals surface area contributed by atoms with Crippen molar-refractivity contribution in [1.29, 1.82) is 0 Å². The van der Waals surface area contributed by atoms with E-state index in [1.165, 1.54) is 29.3 Å². The third-order valence-corrected chi connectivity index (χ3v) is 3.43. The van der Waals surface area contributed by atoms with E-state index >= 15 is 0 Å². The summed E-state index contributed by atoms with van der Waals surface area (Å²) >= 11 is 1.52. The molecular formula is C9H13NOS. The van der Waals surface area contributed by atoms with Crippen LogP contribution in [0.3, 0.4) is 0 Å². The lowest BCUT2D eigenvalue weighted by Gasteiger charge is -2.25. The van der Waals surface area contributed by atoms with Crippen LogP contribution in [0.5, 0.6) is 0 Å². The normalized spacial score (nSPS) is 30.4. The van der Waals surface area contributed by atoms with Crippen LogP contribution in [0.25, 0.3) is 0 Å². The van der Waals surface area contributed by atoms with E-state index in [1.807, 2.05) is 12.3 Å². The van der Waals surface area contributed by atoms with E-state index in [4.69, 9.17) is 0 Å². The van der Waals surface area contributed by atoms with E-state index in [1.54, 1.807) is 0 Å². The van der Waals surface area contributed by atoms with Crippen molar-refractivity contribution in [2.45, 2.75) is 37.7 Å². The molecule has 1 aliphatic carbocycles. The molecule has 2 unspecified atom stereocenters. The van der Waals surface area contributed by atoms with E-state index in [-0.39, 0.29) is 6.10 Å². The minimum absolute atomic E-state index is 0.126. The van der Waals surface area contributed by atoms with Gasteiger partial charge in [-0.2, -0.15) is 0 Å². The lowest BCUT2D eigenvalue weighted by atomic mass is 9.86. The Balaban J connectivity index is 2.11. The molecular weight excluding hydrogens is 170 g/mol. The molecule has 0 amide bonds. The number of nitrogens with zero attached hydrogens (tertiary/aromatic N) is 1. The third-order valence-electron chi connectivity index (χ3n) is 2.55. The van der Waals surface area contributed by atoms with Crippen LogP contribution in [-0.4, -0.2) is 15.6 Å². The molecule has 2 rings (SSSR count). The Bertz CT molecular complexity index is 235. The summed E-state index contributed by atoms with van der Waals surface area (Å²) < 4.78 is 4.06. The third kappa shape index (κ3) is 1.52. The van der Waals surface area contributed by atoms with E-state index in [0.717, 1.165) is 12.8 Å². The lowest BCUT2D eigenvalue weighted by molar-refractivity contribution is 0.107. The average molecular weight is 183 g/mol. The lowest BCUT2D eigenvalue weighted by Crippen LogP contribution is -2.21. The highest BCUT2D eigenvalue weighted by Crippen LogP contribution is 2.34. The summed E-state index contributed by atoms with van der Waals surface area (Å²) in [5.41, 5.74) is 0. The van der Waals surface area contributed by atoms with E-state index in [0.29, 0.717) is 5.92 Å². The minimum atomic E-state index is -0.126. The van der Waals surface area contributed by atoms with E-state index < -0.39 is 0 Å². The molecule has 1 aliphatic rings. The summed E-state index contributed by atoms with van der Waals surface area (Å²) in [5, 5.41) is 9.72. The molecule has 1 aromatic heterocycles. The number of aromatic nitrogens is 1. The van der Waals surface area contributed by atoms with Crippen molar-refractivity contribution in [2.75, 3.05) is 0 Å². The van der Waals surface area contributed by atoms with Crippen LogP contribution < -0.4 is 0 Å². The molecule has 1 fully saturated rings. The molecule has 1 saturated carbocycles. The van der Waals surface area contributed by atoms with Gasteiger partial charge in [0.2, 0.25) is 0 Å². The molecule has 1 heterocycles. The van der Waals surface area contributed by atoms with E-state index in [2.05, 4.69) is 4.37 Å². The molecule has 12 heavy (non-hydrogen) atoms. The largest absolute Gasteiger partial charge is 0.392 e. The molecule has 1 aromatic rings. The van der Waals surface area contributed by atoms with Gasteiger partial charge in [-0.25, -0.2) is 4.37 Å². The first-order chi connectivity index (χ1) is 5.88. The maximum absolute atomic E-state index is 9.72. The van der Waals surface area contributed by atoms with Gasteiger partial charge in [0.1, 0.15) is 0 Å². The fraction of sp³-hybridized carbons (Fsp3) is 0.667. The average Bonchev–Trinajstić information content (AvgIpc) is 2.57. The number of hydrogen-bond acceptors (Lipinski definition) is 3. The second kappa shape index (κ2) is 3.54. The molecule has 2 atom stereocenters. The van der Waals surface area contributed by atoms with Crippen molar-refractivity contribution >= 4 is 11.5 Å². The first kappa shape index (κ1) is 8.20. The molecule has 0 bridgehead atoms. The Morgan fingerprint density at radius 2 is 2.25 bits per heavy atom. The Labute approximate surface area is 76.4 Å². The first-order valence-electron chi connectivity index (χ1n) is 4.46. The molecule has 0 aliphatic heterocycles. The summed E-state index contributed by atoms with van der Waals surface area (Å²) in [6, 6.07) is 2.03. The van der Waals surface area contributed by atoms with Crippen LogP contribution in [0.4, 0.5) is 0 Å². The molecule has 0 spiro atoms. The van der Waals surface area contributed by atoms with Crippen LogP contribution in [0, 0.1) is 0 Å². The Morgan fingerprint density at radius 1 is 1.42 bits per heavy atom. The maximum Gasteiger partial charge on any atom is 0.0617 e. The van der Waals surface area contributed by atoms with Gasteiger partial charge in [0.05, 0.1) is 6.10 Å². The SMILES string of the molecule is OC1CCCCC1c1ccns1. The monoisotopic (exact) mass is 183 g/mol. The zero-order chi connectivity index (χ0) is 8.39. The van der Waals surface area contributed by atoms with Crippen molar-refractivity contribution in [3.8, 4) is 0 Å². The zero-order valence-electron chi connectivity index (χ0n) is 6.94. The Hall–Kier alpha value is -0.410. The summed E-state index contributed by atoms with van der Waals surface area (Å²) in [5.74, 6) is 0.367. The quantitative estimate of drug-likeness (QED) is 0.723. The molecule has 1 N–H and O–H groups in total. The summed E-state index contributed by atoms with van der Waals surface area (Å²) in [6.45, 7) is 0. The fourth-order valence-corrected chi connectivity index (χ4v) is 2.64. The van der Waals surface area contributed by atoms with Crippen LogP contribution in [0.1, 0.15) is 36.5 Å². The van der Waals surface area contributed by atoms with Gasteiger partial charge in [0.15, 0.2) is 0 Å². The van der Waals surface area contributed by atoms with Crippen molar-refractivity contribution in [2.24, 2.45) is 0 Å².